The minimum atomic E-state index is 0.315. The van der Waals surface area contributed by atoms with E-state index in [1.54, 1.807) is 0 Å². The van der Waals surface area contributed by atoms with E-state index in [9.17, 15) is 0 Å². The third-order valence-corrected chi connectivity index (χ3v) is 4.05. The Morgan fingerprint density at radius 2 is 2.29 bits per heavy atom. The van der Waals surface area contributed by atoms with E-state index in [1.807, 2.05) is 6.20 Å². The highest BCUT2D eigenvalue weighted by molar-refractivity contribution is 5.60. The lowest BCUT2D eigenvalue weighted by atomic mass is 10.0. The number of imidazole rings is 1. The Labute approximate surface area is 126 Å². The molecule has 1 aliphatic heterocycles. The molecule has 1 saturated heterocycles. The summed E-state index contributed by atoms with van der Waals surface area (Å²) in [7, 11) is 0. The van der Waals surface area contributed by atoms with Crippen molar-refractivity contribution < 1.29 is 4.74 Å². The Kier molecular flexibility index (Phi) is 4.68. The largest absolute Gasteiger partial charge is 0.376 e. The lowest BCUT2D eigenvalue weighted by Crippen LogP contribution is -2.38. The lowest BCUT2D eigenvalue weighted by molar-refractivity contribution is 0.0211. The molecule has 0 saturated carbocycles. The lowest BCUT2D eigenvalue weighted by Gasteiger charge is -2.24. The summed E-state index contributed by atoms with van der Waals surface area (Å²) in [6, 6.07) is 8.53. The average Bonchev–Trinajstić information content (AvgIpc) is 3.02. The van der Waals surface area contributed by atoms with Crippen LogP contribution in [0.2, 0.25) is 0 Å². The molecule has 1 aromatic heterocycles. The molecule has 0 spiro atoms. The molecule has 0 bridgehead atoms. The molecule has 0 amide bonds. The van der Waals surface area contributed by atoms with Crippen molar-refractivity contribution in [3.05, 3.63) is 42.2 Å². The maximum Gasteiger partial charge on any atom is 0.140 e. The number of nitrogens with zero attached hydrogens (tertiary/aromatic N) is 2. The molecule has 1 aromatic carbocycles. The number of benzene rings is 1. The molecular formula is C17H23N3O. The summed E-state index contributed by atoms with van der Waals surface area (Å²) in [4.78, 5) is 4.57. The first kappa shape index (κ1) is 14.3. The van der Waals surface area contributed by atoms with Crippen molar-refractivity contribution in [3.8, 4) is 11.4 Å². The van der Waals surface area contributed by atoms with Gasteiger partial charge in [-0.15, -0.1) is 0 Å². The van der Waals surface area contributed by atoms with Crippen LogP contribution in [0.15, 0.2) is 36.7 Å². The zero-order valence-corrected chi connectivity index (χ0v) is 12.6. The van der Waals surface area contributed by atoms with Crippen molar-refractivity contribution in [2.24, 2.45) is 0 Å². The Morgan fingerprint density at radius 1 is 1.38 bits per heavy atom. The van der Waals surface area contributed by atoms with Gasteiger partial charge in [-0.1, -0.05) is 31.2 Å². The van der Waals surface area contributed by atoms with Gasteiger partial charge in [-0.2, -0.15) is 0 Å². The van der Waals surface area contributed by atoms with Gasteiger partial charge in [-0.25, -0.2) is 4.98 Å². The first-order valence-corrected chi connectivity index (χ1v) is 7.80. The van der Waals surface area contributed by atoms with Gasteiger partial charge in [0.15, 0.2) is 0 Å². The molecule has 21 heavy (non-hydrogen) atoms. The Bertz CT molecular complexity index is 573. The maximum absolute atomic E-state index is 5.77. The SMILES string of the molecule is CCc1ccccc1-c1nccn1CCC1CNCCO1. The number of morpholine rings is 1. The Morgan fingerprint density at radius 3 is 3.10 bits per heavy atom. The number of hydrogen-bond acceptors (Lipinski definition) is 3. The van der Waals surface area contributed by atoms with E-state index in [0.29, 0.717) is 6.10 Å². The Hall–Kier alpha value is -1.65. The van der Waals surface area contributed by atoms with Crippen molar-refractivity contribution in [1.29, 1.82) is 0 Å². The highest BCUT2D eigenvalue weighted by Crippen LogP contribution is 2.23. The summed E-state index contributed by atoms with van der Waals surface area (Å²) in [6.07, 6.45) is 6.32. The molecule has 1 N–H and O–H groups in total. The van der Waals surface area contributed by atoms with Crippen LogP contribution in [0.5, 0.6) is 0 Å². The van der Waals surface area contributed by atoms with Crippen LogP contribution in [0.4, 0.5) is 0 Å². The van der Waals surface area contributed by atoms with Gasteiger partial charge >= 0.3 is 0 Å². The smallest absolute Gasteiger partial charge is 0.140 e. The van der Waals surface area contributed by atoms with Gasteiger partial charge in [-0.05, 0) is 18.4 Å². The molecule has 1 fully saturated rings. The molecule has 4 nitrogen and oxygen atoms in total. The van der Waals surface area contributed by atoms with Crippen LogP contribution in [0.1, 0.15) is 18.9 Å². The standard InChI is InChI=1S/C17H23N3O/c1-2-14-5-3-4-6-16(14)17-19-8-11-20(17)10-7-15-13-18-9-12-21-15/h3-6,8,11,15,18H,2,7,9-10,12-13H2,1H3. The molecule has 0 aliphatic carbocycles. The molecule has 1 unspecified atom stereocenters. The fraction of sp³-hybridized carbons (Fsp3) is 0.471. The number of aromatic nitrogens is 2. The fourth-order valence-corrected chi connectivity index (χ4v) is 2.87. The number of nitrogens with one attached hydrogen (secondary N) is 1. The van der Waals surface area contributed by atoms with Gasteiger partial charge in [-0.3, -0.25) is 0 Å². The molecule has 2 heterocycles. The molecule has 1 atom stereocenters. The van der Waals surface area contributed by atoms with Gasteiger partial charge in [0.2, 0.25) is 0 Å². The van der Waals surface area contributed by atoms with Crippen molar-refractivity contribution >= 4 is 0 Å². The van der Waals surface area contributed by atoms with E-state index in [0.717, 1.165) is 44.9 Å². The third-order valence-electron chi connectivity index (χ3n) is 4.05. The van der Waals surface area contributed by atoms with Gasteiger partial charge < -0.3 is 14.6 Å². The van der Waals surface area contributed by atoms with E-state index < -0.39 is 0 Å². The minimum Gasteiger partial charge on any atom is -0.376 e. The second-order valence-corrected chi connectivity index (χ2v) is 5.44. The second-order valence-electron chi connectivity index (χ2n) is 5.44. The first-order chi connectivity index (χ1) is 10.4. The molecular weight excluding hydrogens is 262 g/mol. The zero-order chi connectivity index (χ0) is 14.5. The summed E-state index contributed by atoms with van der Waals surface area (Å²) in [5.74, 6) is 1.07. The van der Waals surface area contributed by atoms with Crippen LogP contribution < -0.4 is 5.32 Å². The van der Waals surface area contributed by atoms with E-state index in [2.05, 4.69) is 52.3 Å². The minimum absolute atomic E-state index is 0.315. The number of rotatable bonds is 5. The average molecular weight is 285 g/mol. The zero-order valence-electron chi connectivity index (χ0n) is 12.6. The van der Waals surface area contributed by atoms with E-state index in [4.69, 9.17) is 4.74 Å². The summed E-state index contributed by atoms with van der Waals surface area (Å²) >= 11 is 0. The van der Waals surface area contributed by atoms with E-state index >= 15 is 0 Å². The van der Waals surface area contributed by atoms with Gasteiger partial charge in [0.25, 0.3) is 0 Å². The highest BCUT2D eigenvalue weighted by Gasteiger charge is 2.15. The van der Waals surface area contributed by atoms with Crippen molar-refractivity contribution in [2.75, 3.05) is 19.7 Å². The van der Waals surface area contributed by atoms with Crippen LogP contribution in [0.25, 0.3) is 11.4 Å². The van der Waals surface area contributed by atoms with Crippen molar-refractivity contribution in [1.82, 2.24) is 14.9 Å². The number of aryl methyl sites for hydroxylation is 2. The Balaban J connectivity index is 1.74. The monoisotopic (exact) mass is 285 g/mol. The van der Waals surface area contributed by atoms with Crippen molar-refractivity contribution in [2.45, 2.75) is 32.4 Å². The summed E-state index contributed by atoms with van der Waals surface area (Å²) in [6.45, 7) is 5.87. The summed E-state index contributed by atoms with van der Waals surface area (Å²) in [5.41, 5.74) is 2.59. The molecule has 1 aliphatic rings. The van der Waals surface area contributed by atoms with Crippen LogP contribution in [-0.4, -0.2) is 35.4 Å². The van der Waals surface area contributed by atoms with E-state index in [-0.39, 0.29) is 0 Å². The van der Waals surface area contributed by atoms with Crippen molar-refractivity contribution in [3.63, 3.8) is 0 Å². The predicted molar refractivity (Wildman–Crippen MR) is 84.3 cm³/mol. The summed E-state index contributed by atoms with van der Waals surface area (Å²) in [5, 5.41) is 3.38. The van der Waals surface area contributed by atoms with Gasteiger partial charge in [0.1, 0.15) is 5.82 Å². The molecule has 2 aromatic rings. The maximum atomic E-state index is 5.77. The first-order valence-electron chi connectivity index (χ1n) is 7.80. The topological polar surface area (TPSA) is 39.1 Å². The van der Waals surface area contributed by atoms with Gasteiger partial charge in [0, 0.05) is 37.6 Å². The van der Waals surface area contributed by atoms with Crippen LogP contribution in [0.3, 0.4) is 0 Å². The third kappa shape index (κ3) is 3.34. The predicted octanol–water partition coefficient (Wildman–Crippen LogP) is 2.49. The van der Waals surface area contributed by atoms with Crippen LogP contribution >= 0.6 is 0 Å². The normalized spacial score (nSPS) is 18.8. The van der Waals surface area contributed by atoms with Gasteiger partial charge in [0.05, 0.1) is 12.7 Å². The van der Waals surface area contributed by atoms with Crippen LogP contribution in [-0.2, 0) is 17.7 Å². The number of ether oxygens (including phenoxy) is 1. The fourth-order valence-electron chi connectivity index (χ4n) is 2.87. The quantitative estimate of drug-likeness (QED) is 0.917. The number of hydrogen-bond donors (Lipinski definition) is 1. The van der Waals surface area contributed by atoms with Crippen LogP contribution in [0, 0.1) is 0 Å². The molecule has 112 valence electrons. The molecule has 4 heteroatoms. The summed E-state index contributed by atoms with van der Waals surface area (Å²) < 4.78 is 8.01. The van der Waals surface area contributed by atoms with E-state index in [1.165, 1.54) is 11.1 Å². The molecule has 3 rings (SSSR count). The molecule has 0 radical (unpaired) electrons. The second kappa shape index (κ2) is 6.87. The highest BCUT2D eigenvalue weighted by atomic mass is 16.5.